The summed E-state index contributed by atoms with van der Waals surface area (Å²) < 4.78 is 2.44. The Balaban J connectivity index is 1.02. The molecule has 5 aliphatic rings. The summed E-state index contributed by atoms with van der Waals surface area (Å²) >= 11 is 0. The van der Waals surface area contributed by atoms with Crippen LogP contribution in [0.1, 0.15) is 43.2 Å². The van der Waals surface area contributed by atoms with Crippen molar-refractivity contribution in [2.24, 2.45) is 23.7 Å². The Morgan fingerprint density at radius 3 is 1.86 bits per heavy atom. The molecule has 58 heavy (non-hydrogen) atoms. The first kappa shape index (κ1) is 32.7. The van der Waals surface area contributed by atoms with Crippen LogP contribution in [0.5, 0.6) is 0 Å². The minimum Gasteiger partial charge on any atom is -0.310 e. The van der Waals surface area contributed by atoms with Gasteiger partial charge in [-0.15, -0.1) is 0 Å². The van der Waals surface area contributed by atoms with Gasteiger partial charge in [0.05, 0.1) is 11.0 Å². The van der Waals surface area contributed by atoms with Crippen LogP contribution in [-0.2, 0) is 5.41 Å². The van der Waals surface area contributed by atoms with Crippen molar-refractivity contribution in [2.75, 3.05) is 4.90 Å². The van der Waals surface area contributed by atoms with Gasteiger partial charge in [-0.25, -0.2) is 0 Å². The average Bonchev–Trinajstić information content (AvgIpc) is 3.76. The Morgan fingerprint density at radius 1 is 0.414 bits per heavy atom. The van der Waals surface area contributed by atoms with Gasteiger partial charge in [-0.05, 0) is 161 Å². The molecule has 0 radical (unpaired) electrons. The first-order chi connectivity index (χ1) is 28.7. The zero-order chi connectivity index (χ0) is 38.0. The molecule has 0 saturated heterocycles. The molecule has 4 saturated carbocycles. The molecule has 0 aliphatic heterocycles. The Bertz CT molecular complexity index is 3050. The van der Waals surface area contributed by atoms with Gasteiger partial charge in [0.1, 0.15) is 0 Å². The lowest BCUT2D eigenvalue weighted by Gasteiger charge is -2.61. The van der Waals surface area contributed by atoms with Gasteiger partial charge in [0.15, 0.2) is 0 Å². The molecule has 2 nitrogen and oxygen atoms in total. The van der Waals surface area contributed by atoms with Crippen molar-refractivity contribution in [1.82, 2.24) is 4.57 Å². The molecule has 2 heteroatoms. The van der Waals surface area contributed by atoms with Gasteiger partial charge < -0.3 is 9.47 Å². The number of hydrogen-bond acceptors (Lipinski definition) is 1. The van der Waals surface area contributed by atoms with E-state index in [1.165, 1.54) is 110 Å². The molecule has 0 unspecified atom stereocenters. The predicted molar refractivity (Wildman–Crippen MR) is 242 cm³/mol. The van der Waals surface area contributed by atoms with Gasteiger partial charge in [0, 0.05) is 38.9 Å². The molecule has 0 amide bonds. The highest BCUT2D eigenvalue weighted by molar-refractivity contribution is 6.10. The van der Waals surface area contributed by atoms with Crippen LogP contribution in [0.25, 0.3) is 60.5 Å². The van der Waals surface area contributed by atoms with Gasteiger partial charge in [0.25, 0.3) is 0 Å². The van der Waals surface area contributed by atoms with Crippen LogP contribution in [0.2, 0.25) is 0 Å². The van der Waals surface area contributed by atoms with Crippen LogP contribution >= 0.6 is 0 Å². The van der Waals surface area contributed by atoms with Crippen molar-refractivity contribution in [3.8, 4) is 27.9 Å². The standard InChI is InChI=1S/C56H44N2/c1-2-12-44(13-3-1)58-54-17-9-7-15-50(54)51-27-25-47(35-55(51)58)57(45-22-20-39(21-23-45)41-19-18-38-10-4-5-11-40(38)33-41)46-24-26-49-48-14-6-8-16-52(48)56(53(49)34-46)42-29-36-28-37(31-42)32-43(56)30-36/h1-27,33-37,42-43H,28-32H2. The molecule has 8 aromatic carbocycles. The summed E-state index contributed by atoms with van der Waals surface area (Å²) in [5.41, 5.74) is 15.9. The summed E-state index contributed by atoms with van der Waals surface area (Å²) in [5, 5.41) is 5.09. The van der Waals surface area contributed by atoms with Crippen LogP contribution in [0, 0.1) is 23.7 Å². The summed E-state index contributed by atoms with van der Waals surface area (Å²) in [4.78, 5) is 2.53. The van der Waals surface area contributed by atoms with Crippen molar-refractivity contribution in [3.63, 3.8) is 0 Å². The highest BCUT2D eigenvalue weighted by atomic mass is 15.1. The van der Waals surface area contributed by atoms with E-state index in [2.05, 4.69) is 191 Å². The summed E-state index contributed by atoms with van der Waals surface area (Å²) in [6, 6.07) is 68.6. The van der Waals surface area contributed by atoms with E-state index in [1.807, 2.05) is 0 Å². The number of fused-ring (bicyclic) bond motifs is 7. The Labute approximate surface area is 340 Å². The third kappa shape index (κ3) is 4.60. The molecule has 0 atom stereocenters. The molecular weight excluding hydrogens is 701 g/mol. The molecule has 14 rings (SSSR count). The largest absolute Gasteiger partial charge is 0.310 e. The van der Waals surface area contributed by atoms with E-state index in [1.54, 1.807) is 11.1 Å². The lowest BCUT2D eigenvalue weighted by molar-refractivity contribution is -0.0399. The van der Waals surface area contributed by atoms with E-state index in [0.29, 0.717) is 11.8 Å². The van der Waals surface area contributed by atoms with Crippen molar-refractivity contribution in [1.29, 1.82) is 0 Å². The first-order valence-electron chi connectivity index (χ1n) is 21.4. The Kier molecular flexibility index (Phi) is 6.94. The van der Waals surface area contributed by atoms with Crippen LogP contribution in [0.15, 0.2) is 182 Å². The number of anilines is 3. The maximum Gasteiger partial charge on any atom is 0.0561 e. The number of hydrogen-bond donors (Lipinski definition) is 0. The molecule has 4 bridgehead atoms. The number of aromatic nitrogens is 1. The lowest BCUT2D eigenvalue weighted by Crippen LogP contribution is -2.55. The second-order valence-electron chi connectivity index (χ2n) is 17.8. The van der Waals surface area contributed by atoms with E-state index in [9.17, 15) is 0 Å². The third-order valence-electron chi connectivity index (χ3n) is 14.9. The first-order valence-corrected chi connectivity index (χ1v) is 21.4. The molecule has 4 fully saturated rings. The normalized spacial score (nSPS) is 22.6. The van der Waals surface area contributed by atoms with Crippen molar-refractivity contribution >= 4 is 49.6 Å². The summed E-state index contributed by atoms with van der Waals surface area (Å²) in [5.74, 6) is 3.25. The second kappa shape index (κ2) is 12.3. The summed E-state index contributed by atoms with van der Waals surface area (Å²) in [6.45, 7) is 0. The highest BCUT2D eigenvalue weighted by Gasteiger charge is 2.61. The Morgan fingerprint density at radius 2 is 1.03 bits per heavy atom. The fourth-order valence-corrected chi connectivity index (χ4v) is 12.9. The monoisotopic (exact) mass is 744 g/mol. The fraction of sp³-hybridized carbons (Fsp3) is 0.179. The van der Waals surface area contributed by atoms with Crippen LogP contribution in [0.3, 0.4) is 0 Å². The topological polar surface area (TPSA) is 8.17 Å². The van der Waals surface area contributed by atoms with Crippen LogP contribution in [-0.4, -0.2) is 4.57 Å². The average molecular weight is 745 g/mol. The molecule has 9 aromatic rings. The molecule has 1 heterocycles. The third-order valence-corrected chi connectivity index (χ3v) is 14.9. The zero-order valence-corrected chi connectivity index (χ0v) is 32.6. The maximum atomic E-state index is 2.63. The Hall–Kier alpha value is -6.38. The minimum atomic E-state index is 0.102. The van der Waals surface area contributed by atoms with E-state index in [-0.39, 0.29) is 5.41 Å². The van der Waals surface area contributed by atoms with Gasteiger partial charge in [-0.3, -0.25) is 0 Å². The van der Waals surface area contributed by atoms with Crippen LogP contribution < -0.4 is 4.90 Å². The van der Waals surface area contributed by atoms with Gasteiger partial charge in [0.2, 0.25) is 0 Å². The molecule has 0 N–H and O–H groups in total. The van der Waals surface area contributed by atoms with Crippen molar-refractivity contribution in [2.45, 2.75) is 37.5 Å². The van der Waals surface area contributed by atoms with E-state index in [4.69, 9.17) is 0 Å². The molecule has 1 aromatic heterocycles. The van der Waals surface area contributed by atoms with E-state index in [0.717, 1.165) is 11.8 Å². The summed E-state index contributed by atoms with van der Waals surface area (Å²) in [7, 11) is 0. The minimum absolute atomic E-state index is 0.102. The fourth-order valence-electron chi connectivity index (χ4n) is 12.9. The zero-order valence-electron chi connectivity index (χ0n) is 32.6. The molecule has 5 aliphatic carbocycles. The number of para-hydroxylation sites is 2. The smallest absolute Gasteiger partial charge is 0.0561 e. The molecular formula is C56H44N2. The van der Waals surface area contributed by atoms with E-state index < -0.39 is 0 Å². The van der Waals surface area contributed by atoms with E-state index >= 15 is 0 Å². The second-order valence-corrected chi connectivity index (χ2v) is 17.8. The van der Waals surface area contributed by atoms with Gasteiger partial charge in [-0.2, -0.15) is 0 Å². The molecule has 1 spiro atoms. The maximum absolute atomic E-state index is 2.63. The number of rotatable bonds is 5. The lowest BCUT2D eigenvalue weighted by atomic mass is 9.43. The van der Waals surface area contributed by atoms with Crippen molar-refractivity contribution in [3.05, 3.63) is 193 Å². The predicted octanol–water partition coefficient (Wildman–Crippen LogP) is 14.8. The van der Waals surface area contributed by atoms with Gasteiger partial charge >= 0.3 is 0 Å². The van der Waals surface area contributed by atoms with Crippen LogP contribution in [0.4, 0.5) is 17.1 Å². The summed E-state index contributed by atoms with van der Waals surface area (Å²) in [6.07, 6.45) is 6.98. The quantitative estimate of drug-likeness (QED) is 0.170. The highest BCUT2D eigenvalue weighted by Crippen LogP contribution is 2.69. The van der Waals surface area contributed by atoms with Crippen molar-refractivity contribution < 1.29 is 0 Å². The molecule has 278 valence electrons. The number of benzene rings is 8. The number of nitrogens with zero attached hydrogens (tertiary/aromatic N) is 2. The SMILES string of the molecule is c1ccc(-n2c3ccccc3c3ccc(N(c4ccc(-c5ccc6ccccc6c5)cc4)c4ccc5c(c4)C4(c6ccccc6-5)C5CC6CC(C5)CC4C6)cc32)cc1. The van der Waals surface area contributed by atoms with Gasteiger partial charge in [-0.1, -0.05) is 121 Å².